The Bertz CT molecular complexity index is 866. The van der Waals surface area contributed by atoms with E-state index in [0.717, 1.165) is 44.9 Å². The van der Waals surface area contributed by atoms with Crippen molar-refractivity contribution in [3.63, 3.8) is 0 Å². The summed E-state index contributed by atoms with van der Waals surface area (Å²) in [6, 6.07) is 0. The molecule has 0 radical (unpaired) electrons. The van der Waals surface area contributed by atoms with Gasteiger partial charge in [0.25, 0.3) is 0 Å². The Morgan fingerprint density at radius 3 is 2.44 bits per heavy atom. The number of aliphatic hydroxyl groups excluding tert-OH is 2. The first-order valence-corrected chi connectivity index (χ1v) is 16.9. The molecule has 0 spiro atoms. The van der Waals surface area contributed by atoms with Gasteiger partial charge in [-0.05, 0) is 111 Å². The molecule has 4 rings (SSSR count). The largest absolute Gasteiger partial charge is 0.393 e. The summed E-state index contributed by atoms with van der Waals surface area (Å²) in [5.74, 6) is 3.65. The van der Waals surface area contributed by atoms with Crippen LogP contribution in [0, 0.1) is 46.3 Å². The number of carbonyl (C=O) groups is 2. The van der Waals surface area contributed by atoms with Gasteiger partial charge in [0.1, 0.15) is 5.78 Å². The van der Waals surface area contributed by atoms with Crippen molar-refractivity contribution in [2.45, 2.75) is 123 Å². The first-order chi connectivity index (χ1) is 19.6. The molecule has 41 heavy (non-hydrogen) atoms. The Hall–Kier alpha value is -1.02. The minimum absolute atomic E-state index is 0.0596. The maximum atomic E-state index is 12.6. The van der Waals surface area contributed by atoms with Gasteiger partial charge >= 0.3 is 0 Å². The van der Waals surface area contributed by atoms with E-state index < -0.39 is 0 Å². The molecular formula is C34H59NO6. The van der Waals surface area contributed by atoms with Crippen LogP contribution in [0.5, 0.6) is 0 Å². The van der Waals surface area contributed by atoms with Crippen molar-refractivity contribution in [3.05, 3.63) is 0 Å². The maximum Gasteiger partial charge on any atom is 0.220 e. The number of nitrogens with one attached hydrogen (secondary N) is 1. The summed E-state index contributed by atoms with van der Waals surface area (Å²) in [5.41, 5.74) is 0.203. The van der Waals surface area contributed by atoms with Gasteiger partial charge in [0, 0.05) is 32.4 Å². The fourth-order valence-electron chi connectivity index (χ4n) is 9.94. The van der Waals surface area contributed by atoms with Crippen LogP contribution in [0.3, 0.4) is 0 Å². The summed E-state index contributed by atoms with van der Waals surface area (Å²) in [4.78, 5) is 23.8. The topological polar surface area (TPSA) is 105 Å². The first kappa shape index (κ1) is 32.9. The molecular weight excluding hydrogens is 518 g/mol. The van der Waals surface area contributed by atoms with Crippen LogP contribution in [0.2, 0.25) is 0 Å². The predicted molar refractivity (Wildman–Crippen MR) is 160 cm³/mol. The van der Waals surface area contributed by atoms with Crippen molar-refractivity contribution in [1.82, 2.24) is 5.32 Å². The highest BCUT2D eigenvalue weighted by atomic mass is 16.5. The van der Waals surface area contributed by atoms with Crippen LogP contribution >= 0.6 is 0 Å². The molecule has 4 fully saturated rings. The third-order valence-electron chi connectivity index (χ3n) is 12.4. The SMILES string of the molecule is CCC(=O)CCCOCCOCCNC(=O)CC[C@@H](C)C1CC[C@H]2[C@@H]3CC[C@@H]4C[C@H](O)CC[C@]4(C)[C@H]3C[C@H](O)[C@]12C. The average molecular weight is 578 g/mol. The van der Waals surface area contributed by atoms with Crippen molar-refractivity contribution >= 4 is 11.7 Å². The van der Waals surface area contributed by atoms with Crippen LogP contribution in [0.1, 0.15) is 111 Å². The van der Waals surface area contributed by atoms with Gasteiger partial charge in [-0.15, -0.1) is 0 Å². The molecule has 1 unspecified atom stereocenters. The zero-order valence-electron chi connectivity index (χ0n) is 26.4. The molecule has 236 valence electrons. The number of hydrogen-bond donors (Lipinski definition) is 3. The molecule has 4 saturated carbocycles. The first-order valence-electron chi connectivity index (χ1n) is 16.9. The van der Waals surface area contributed by atoms with E-state index in [-0.39, 0.29) is 34.7 Å². The lowest BCUT2D eigenvalue weighted by Crippen LogP contribution is -2.58. The number of carbonyl (C=O) groups excluding carboxylic acids is 2. The number of rotatable bonds is 15. The van der Waals surface area contributed by atoms with E-state index in [9.17, 15) is 19.8 Å². The lowest BCUT2D eigenvalue weighted by molar-refractivity contribution is -0.174. The fraction of sp³-hybridized carbons (Fsp3) is 0.941. The van der Waals surface area contributed by atoms with E-state index in [0.29, 0.717) is 87.7 Å². The van der Waals surface area contributed by atoms with Gasteiger partial charge < -0.3 is 25.0 Å². The van der Waals surface area contributed by atoms with E-state index in [4.69, 9.17) is 9.47 Å². The molecule has 4 aliphatic carbocycles. The number of fused-ring (bicyclic) bond motifs is 5. The molecule has 0 saturated heterocycles. The number of Topliss-reactive ketones (excluding diaryl/α,β-unsaturated/α-hetero) is 1. The van der Waals surface area contributed by atoms with Gasteiger partial charge in [0.05, 0.1) is 32.0 Å². The van der Waals surface area contributed by atoms with Crippen LogP contribution in [0.15, 0.2) is 0 Å². The molecule has 0 heterocycles. The van der Waals surface area contributed by atoms with Crippen LogP contribution < -0.4 is 5.32 Å². The summed E-state index contributed by atoms with van der Waals surface area (Å²) in [6.07, 6.45) is 11.6. The van der Waals surface area contributed by atoms with E-state index in [2.05, 4.69) is 26.1 Å². The summed E-state index contributed by atoms with van der Waals surface area (Å²) in [6.45, 7) is 11.6. The molecule has 0 aromatic heterocycles. The molecule has 0 bridgehead atoms. The highest BCUT2D eigenvalue weighted by Crippen LogP contribution is 2.68. The molecule has 4 aliphatic rings. The van der Waals surface area contributed by atoms with Gasteiger partial charge in [-0.2, -0.15) is 0 Å². The molecule has 3 N–H and O–H groups in total. The van der Waals surface area contributed by atoms with Crippen molar-refractivity contribution in [2.75, 3.05) is 33.0 Å². The summed E-state index contributed by atoms with van der Waals surface area (Å²) >= 11 is 0. The number of aliphatic hydroxyl groups is 2. The predicted octanol–water partition coefficient (Wildman–Crippen LogP) is 5.30. The van der Waals surface area contributed by atoms with Crippen LogP contribution in [0.4, 0.5) is 0 Å². The minimum Gasteiger partial charge on any atom is -0.393 e. The second-order valence-corrected chi connectivity index (χ2v) is 14.5. The standard InChI is InChI=1S/C34H59NO6/c1-5-25(36)7-6-17-40-19-20-41-18-16-35-32(39)13-8-23(2)28-11-12-29-27-10-9-24-21-26(37)14-15-33(24,3)30(27)22-31(38)34(28,29)4/h23-24,26-31,37-38H,5-22H2,1-4H3,(H,35,39)/t23-,24-,26-,27+,28?,29+,30+,31+,33+,34-/m1/s1. The number of amides is 1. The normalized spacial score (nSPS) is 38.9. The van der Waals surface area contributed by atoms with E-state index in [1.54, 1.807) is 0 Å². The van der Waals surface area contributed by atoms with Gasteiger partial charge in [-0.3, -0.25) is 9.59 Å². The van der Waals surface area contributed by atoms with Crippen molar-refractivity contribution in [3.8, 4) is 0 Å². The van der Waals surface area contributed by atoms with Crippen molar-refractivity contribution in [2.24, 2.45) is 46.3 Å². The minimum atomic E-state index is -0.278. The molecule has 0 aromatic carbocycles. The van der Waals surface area contributed by atoms with Gasteiger partial charge in [-0.1, -0.05) is 27.7 Å². The summed E-state index contributed by atoms with van der Waals surface area (Å²) < 4.78 is 11.1. The second-order valence-electron chi connectivity index (χ2n) is 14.5. The zero-order chi connectivity index (χ0) is 29.6. The third-order valence-corrected chi connectivity index (χ3v) is 12.4. The Morgan fingerprint density at radius 2 is 1.68 bits per heavy atom. The van der Waals surface area contributed by atoms with Crippen LogP contribution in [0.25, 0.3) is 0 Å². The Kier molecular flexibility index (Phi) is 11.7. The van der Waals surface area contributed by atoms with Gasteiger partial charge in [-0.25, -0.2) is 0 Å². The van der Waals surface area contributed by atoms with Crippen molar-refractivity contribution in [1.29, 1.82) is 0 Å². The Balaban J connectivity index is 1.16. The monoisotopic (exact) mass is 577 g/mol. The van der Waals surface area contributed by atoms with E-state index in [1.807, 2.05) is 6.92 Å². The maximum absolute atomic E-state index is 12.6. The lowest BCUT2D eigenvalue weighted by Gasteiger charge is -2.62. The second kappa shape index (κ2) is 14.6. The fourth-order valence-corrected chi connectivity index (χ4v) is 9.94. The van der Waals surface area contributed by atoms with E-state index in [1.165, 1.54) is 19.3 Å². The number of ketones is 1. The highest BCUT2D eigenvalue weighted by molar-refractivity contribution is 5.77. The average Bonchev–Trinajstić information content (AvgIpc) is 3.32. The van der Waals surface area contributed by atoms with Crippen LogP contribution in [-0.4, -0.2) is 67.1 Å². The quantitative estimate of drug-likeness (QED) is 0.228. The summed E-state index contributed by atoms with van der Waals surface area (Å²) in [7, 11) is 0. The Morgan fingerprint density at radius 1 is 0.927 bits per heavy atom. The van der Waals surface area contributed by atoms with Gasteiger partial charge in [0.15, 0.2) is 0 Å². The number of ether oxygens (including phenoxy) is 2. The van der Waals surface area contributed by atoms with Crippen LogP contribution in [-0.2, 0) is 19.1 Å². The molecule has 7 heteroatoms. The molecule has 7 nitrogen and oxygen atoms in total. The van der Waals surface area contributed by atoms with E-state index >= 15 is 0 Å². The lowest BCUT2D eigenvalue weighted by atomic mass is 9.43. The molecule has 10 atom stereocenters. The van der Waals surface area contributed by atoms with Gasteiger partial charge in [0.2, 0.25) is 5.91 Å². The Labute approximate surface area is 248 Å². The molecule has 1 amide bonds. The smallest absolute Gasteiger partial charge is 0.220 e. The van der Waals surface area contributed by atoms with Crippen molar-refractivity contribution < 1.29 is 29.3 Å². The molecule has 0 aliphatic heterocycles. The third kappa shape index (κ3) is 7.38. The molecule has 0 aromatic rings. The zero-order valence-corrected chi connectivity index (χ0v) is 26.4. The number of hydrogen-bond acceptors (Lipinski definition) is 6. The highest BCUT2D eigenvalue weighted by Gasteiger charge is 2.63. The summed E-state index contributed by atoms with van der Waals surface area (Å²) in [5, 5.41) is 25.1.